The summed E-state index contributed by atoms with van der Waals surface area (Å²) in [6.45, 7) is 5.79. The highest BCUT2D eigenvalue weighted by Crippen LogP contribution is 2.27. The zero-order valence-corrected chi connectivity index (χ0v) is 15.3. The number of carbonyl (C=O) groups is 2. The van der Waals surface area contributed by atoms with E-state index < -0.39 is 0 Å². The normalized spacial score (nSPS) is 20.8. The van der Waals surface area contributed by atoms with Gasteiger partial charge in [0.2, 0.25) is 11.8 Å². The van der Waals surface area contributed by atoms with Gasteiger partial charge in [-0.2, -0.15) is 0 Å². The van der Waals surface area contributed by atoms with E-state index in [0.717, 1.165) is 64.2 Å². The second kappa shape index (κ2) is 7.76. The highest BCUT2D eigenvalue weighted by atomic mass is 16.2. The topological polar surface area (TPSA) is 55.9 Å². The lowest BCUT2D eigenvalue weighted by Crippen LogP contribution is -2.50. The maximum atomic E-state index is 12.6. The van der Waals surface area contributed by atoms with Gasteiger partial charge in [0.05, 0.1) is 6.54 Å². The smallest absolute Gasteiger partial charge is 0.234 e. The maximum absolute atomic E-state index is 12.6. The van der Waals surface area contributed by atoms with E-state index >= 15 is 0 Å². The molecular formula is C20H28N4O2. The summed E-state index contributed by atoms with van der Waals surface area (Å²) in [6.07, 6.45) is 3.80. The van der Waals surface area contributed by atoms with Crippen molar-refractivity contribution in [3.63, 3.8) is 0 Å². The number of benzene rings is 1. The second-order valence-electron chi connectivity index (χ2n) is 7.63. The number of para-hydroxylation sites is 1. The number of carbonyl (C=O) groups excluding carboxylic acids is 2. The first-order valence-electron chi connectivity index (χ1n) is 9.81. The minimum absolute atomic E-state index is 0.156. The molecule has 3 aliphatic rings. The molecule has 6 heteroatoms. The summed E-state index contributed by atoms with van der Waals surface area (Å²) in [5, 5.41) is 3.05. The standard InChI is InChI=1S/C20H28N4O2/c25-19(21-17-5-6-17)15-23-13-11-22(12-14-23)9-8-20(26)24-10-7-16-3-1-2-4-18(16)24/h1-4,17H,5-15H2,(H,21,25). The number of piperazine rings is 1. The number of hydrogen-bond donors (Lipinski definition) is 1. The van der Waals surface area contributed by atoms with Gasteiger partial charge in [0.15, 0.2) is 0 Å². The van der Waals surface area contributed by atoms with E-state index in [2.05, 4.69) is 21.2 Å². The highest BCUT2D eigenvalue weighted by Gasteiger charge is 2.27. The van der Waals surface area contributed by atoms with Crippen molar-refractivity contribution in [2.24, 2.45) is 0 Å². The van der Waals surface area contributed by atoms with Crippen LogP contribution in [0, 0.1) is 0 Å². The molecule has 2 amide bonds. The quantitative estimate of drug-likeness (QED) is 0.822. The van der Waals surface area contributed by atoms with Crippen molar-refractivity contribution in [1.29, 1.82) is 0 Å². The van der Waals surface area contributed by atoms with Crippen molar-refractivity contribution < 1.29 is 9.59 Å². The van der Waals surface area contributed by atoms with E-state index in [1.54, 1.807) is 0 Å². The second-order valence-corrected chi connectivity index (χ2v) is 7.63. The number of nitrogens with zero attached hydrogens (tertiary/aromatic N) is 3. The van der Waals surface area contributed by atoms with Crippen molar-refractivity contribution in [3.8, 4) is 0 Å². The minimum atomic E-state index is 0.156. The highest BCUT2D eigenvalue weighted by molar-refractivity contribution is 5.95. The first-order chi connectivity index (χ1) is 12.7. The summed E-state index contributed by atoms with van der Waals surface area (Å²) in [7, 11) is 0. The molecule has 0 spiro atoms. The van der Waals surface area contributed by atoms with Crippen LogP contribution >= 0.6 is 0 Å². The summed E-state index contributed by atoms with van der Waals surface area (Å²) < 4.78 is 0. The maximum Gasteiger partial charge on any atom is 0.234 e. The van der Waals surface area contributed by atoms with Gasteiger partial charge in [-0.1, -0.05) is 18.2 Å². The number of nitrogens with one attached hydrogen (secondary N) is 1. The zero-order chi connectivity index (χ0) is 17.9. The Morgan fingerprint density at radius 1 is 1.00 bits per heavy atom. The Bertz CT molecular complexity index is 666. The Labute approximate surface area is 155 Å². The van der Waals surface area contributed by atoms with Crippen molar-refractivity contribution in [2.75, 3.05) is 50.7 Å². The van der Waals surface area contributed by atoms with Gasteiger partial charge in [-0.05, 0) is 30.9 Å². The van der Waals surface area contributed by atoms with Crippen molar-refractivity contribution in [2.45, 2.75) is 31.7 Å². The molecule has 1 aromatic rings. The monoisotopic (exact) mass is 356 g/mol. The molecule has 26 heavy (non-hydrogen) atoms. The van der Waals surface area contributed by atoms with Gasteiger partial charge in [0, 0.05) is 57.4 Å². The van der Waals surface area contributed by atoms with Gasteiger partial charge < -0.3 is 15.1 Å². The van der Waals surface area contributed by atoms with E-state index in [4.69, 9.17) is 0 Å². The third kappa shape index (κ3) is 4.24. The Morgan fingerprint density at radius 3 is 2.50 bits per heavy atom. The van der Waals surface area contributed by atoms with Gasteiger partial charge in [0.25, 0.3) is 0 Å². The molecule has 1 saturated carbocycles. The van der Waals surface area contributed by atoms with Crippen LogP contribution in [0.4, 0.5) is 5.69 Å². The van der Waals surface area contributed by atoms with Crippen LogP contribution in [0.15, 0.2) is 24.3 Å². The summed E-state index contributed by atoms with van der Waals surface area (Å²) in [6, 6.07) is 8.64. The number of anilines is 1. The third-order valence-electron chi connectivity index (χ3n) is 5.60. The van der Waals surface area contributed by atoms with E-state index in [1.165, 1.54) is 5.56 Å². The SMILES string of the molecule is O=C(CN1CCN(CCC(=O)N2CCc3ccccc32)CC1)NC1CC1. The van der Waals surface area contributed by atoms with Crippen LogP contribution in [0.5, 0.6) is 0 Å². The molecule has 4 rings (SSSR count). The lowest BCUT2D eigenvalue weighted by Gasteiger charge is -2.34. The first kappa shape index (κ1) is 17.5. The fourth-order valence-corrected chi connectivity index (χ4v) is 3.86. The fourth-order valence-electron chi connectivity index (χ4n) is 3.86. The molecular weight excluding hydrogens is 328 g/mol. The average Bonchev–Trinajstić information content (AvgIpc) is 3.35. The van der Waals surface area contributed by atoms with Crippen LogP contribution in [-0.4, -0.2) is 73.5 Å². The van der Waals surface area contributed by atoms with Crippen LogP contribution in [0.25, 0.3) is 0 Å². The van der Waals surface area contributed by atoms with Crippen LogP contribution < -0.4 is 10.2 Å². The van der Waals surface area contributed by atoms with Gasteiger partial charge in [-0.3, -0.25) is 14.5 Å². The van der Waals surface area contributed by atoms with Crippen LogP contribution in [0.2, 0.25) is 0 Å². The fraction of sp³-hybridized carbons (Fsp3) is 0.600. The molecule has 0 radical (unpaired) electrons. The molecule has 6 nitrogen and oxygen atoms in total. The summed E-state index contributed by atoms with van der Waals surface area (Å²) in [5.41, 5.74) is 2.36. The van der Waals surface area contributed by atoms with Gasteiger partial charge >= 0.3 is 0 Å². The molecule has 0 atom stereocenters. The molecule has 2 heterocycles. The summed E-state index contributed by atoms with van der Waals surface area (Å²) in [4.78, 5) is 31.0. The molecule has 1 N–H and O–H groups in total. The molecule has 1 aliphatic carbocycles. The van der Waals surface area contributed by atoms with Crippen molar-refractivity contribution in [3.05, 3.63) is 29.8 Å². The molecule has 0 bridgehead atoms. The van der Waals surface area contributed by atoms with Crippen LogP contribution in [-0.2, 0) is 16.0 Å². The number of fused-ring (bicyclic) bond motifs is 1. The van der Waals surface area contributed by atoms with Crippen LogP contribution in [0.1, 0.15) is 24.8 Å². The van der Waals surface area contributed by atoms with E-state index in [-0.39, 0.29) is 11.8 Å². The molecule has 1 aromatic carbocycles. The Morgan fingerprint density at radius 2 is 1.73 bits per heavy atom. The lowest BCUT2D eigenvalue weighted by atomic mass is 10.2. The van der Waals surface area contributed by atoms with Crippen molar-refractivity contribution >= 4 is 17.5 Å². The predicted molar refractivity (Wildman–Crippen MR) is 101 cm³/mol. The van der Waals surface area contributed by atoms with Crippen molar-refractivity contribution in [1.82, 2.24) is 15.1 Å². The minimum Gasteiger partial charge on any atom is -0.352 e. The summed E-state index contributed by atoms with van der Waals surface area (Å²) in [5.74, 6) is 0.380. The van der Waals surface area contributed by atoms with Gasteiger partial charge in [-0.15, -0.1) is 0 Å². The van der Waals surface area contributed by atoms with Gasteiger partial charge in [-0.25, -0.2) is 0 Å². The third-order valence-corrected chi connectivity index (χ3v) is 5.60. The molecule has 1 saturated heterocycles. The lowest BCUT2D eigenvalue weighted by molar-refractivity contribution is -0.122. The largest absolute Gasteiger partial charge is 0.352 e. The Hall–Kier alpha value is -1.92. The number of hydrogen-bond acceptors (Lipinski definition) is 4. The summed E-state index contributed by atoms with van der Waals surface area (Å²) >= 11 is 0. The van der Waals surface area contributed by atoms with E-state index in [1.807, 2.05) is 23.1 Å². The molecule has 0 unspecified atom stereocenters. The molecule has 2 aliphatic heterocycles. The number of amides is 2. The van der Waals surface area contributed by atoms with Gasteiger partial charge in [0.1, 0.15) is 0 Å². The van der Waals surface area contributed by atoms with Crippen LogP contribution in [0.3, 0.4) is 0 Å². The predicted octanol–water partition coefficient (Wildman–Crippen LogP) is 0.862. The number of rotatable bonds is 6. The molecule has 2 fully saturated rings. The Balaban J connectivity index is 1.18. The van der Waals surface area contributed by atoms with E-state index in [9.17, 15) is 9.59 Å². The zero-order valence-electron chi connectivity index (χ0n) is 15.3. The first-order valence-corrected chi connectivity index (χ1v) is 9.81. The molecule has 140 valence electrons. The Kier molecular flexibility index (Phi) is 5.22. The average molecular weight is 356 g/mol. The molecule has 0 aromatic heterocycles. The van der Waals surface area contributed by atoms with E-state index in [0.29, 0.717) is 19.0 Å².